The number of nitrogens with two attached hydrogens (primary N) is 2. The van der Waals surface area contributed by atoms with Gasteiger partial charge in [0.25, 0.3) is 0 Å². The second-order valence-electron chi connectivity index (χ2n) is 6.91. The summed E-state index contributed by atoms with van der Waals surface area (Å²) in [6.07, 6.45) is 5.17. The van der Waals surface area contributed by atoms with Crippen LogP contribution in [0, 0.1) is 22.8 Å². The lowest BCUT2D eigenvalue weighted by Gasteiger charge is -2.26. The first kappa shape index (κ1) is 20.9. The zero-order chi connectivity index (χ0) is 21.5. The van der Waals surface area contributed by atoms with E-state index >= 15 is 0 Å². The minimum atomic E-state index is -0.558. The predicted molar refractivity (Wildman–Crippen MR) is 115 cm³/mol. The molecule has 2 aromatic rings. The van der Waals surface area contributed by atoms with Crippen LogP contribution < -0.4 is 22.1 Å². The summed E-state index contributed by atoms with van der Waals surface area (Å²) in [5.41, 5.74) is 14.9. The molecular formula is C21H24N8O. The Morgan fingerprint density at radius 1 is 1.27 bits per heavy atom. The molecule has 9 nitrogen and oxygen atoms in total. The van der Waals surface area contributed by atoms with Crippen LogP contribution in [0.3, 0.4) is 0 Å². The Morgan fingerprint density at radius 3 is 2.83 bits per heavy atom. The molecule has 1 unspecified atom stereocenters. The third-order valence-electron chi connectivity index (χ3n) is 4.79. The van der Waals surface area contributed by atoms with Gasteiger partial charge in [-0.1, -0.05) is 44.0 Å². The number of nitrogen functional groups attached to an aromatic ring is 2. The first-order valence-corrected chi connectivity index (χ1v) is 9.74. The van der Waals surface area contributed by atoms with Crippen molar-refractivity contribution in [3.8, 4) is 12.3 Å². The number of nitrogens with one attached hydrogen (secondary N) is 2. The van der Waals surface area contributed by atoms with Crippen molar-refractivity contribution in [2.45, 2.75) is 38.8 Å². The molecule has 0 spiro atoms. The van der Waals surface area contributed by atoms with E-state index in [1.807, 2.05) is 36.5 Å². The van der Waals surface area contributed by atoms with Crippen LogP contribution in [-0.4, -0.2) is 17.6 Å². The summed E-state index contributed by atoms with van der Waals surface area (Å²) in [5.74, 6) is 0.614. The van der Waals surface area contributed by atoms with Crippen LogP contribution in [0.4, 0.5) is 17.3 Å². The lowest BCUT2D eigenvalue weighted by molar-refractivity contribution is 0.117. The average molecular weight is 404 g/mol. The molecule has 6 N–H and O–H groups in total. The summed E-state index contributed by atoms with van der Waals surface area (Å²) in [6, 6.07) is 9.24. The monoisotopic (exact) mass is 404 g/mol. The van der Waals surface area contributed by atoms with Crippen LogP contribution >= 0.6 is 0 Å². The van der Waals surface area contributed by atoms with Gasteiger partial charge < -0.3 is 21.5 Å². The summed E-state index contributed by atoms with van der Waals surface area (Å²) < 4.78 is 5.77. The number of aromatic nitrogens is 1. The second kappa shape index (κ2) is 9.59. The van der Waals surface area contributed by atoms with Crippen molar-refractivity contribution in [3.05, 3.63) is 46.5 Å². The zero-order valence-corrected chi connectivity index (χ0v) is 16.8. The van der Waals surface area contributed by atoms with Gasteiger partial charge in [-0.25, -0.2) is 9.98 Å². The van der Waals surface area contributed by atoms with Gasteiger partial charge in [0, 0.05) is 12.2 Å². The Kier molecular flexibility index (Phi) is 6.68. The molecule has 0 fully saturated rings. The average Bonchev–Trinajstić information content (AvgIpc) is 2.73. The zero-order valence-electron chi connectivity index (χ0n) is 16.8. The normalized spacial score (nSPS) is 14.6. The summed E-state index contributed by atoms with van der Waals surface area (Å²) in [5, 5.41) is 23.8. The van der Waals surface area contributed by atoms with Gasteiger partial charge in [0.1, 0.15) is 29.3 Å². The van der Waals surface area contributed by atoms with E-state index in [4.69, 9.17) is 21.5 Å². The number of guanidine groups is 1. The van der Waals surface area contributed by atoms with Crippen LogP contribution in [0.1, 0.15) is 54.5 Å². The number of unbranched alkanes of at least 4 members (excludes halogenated alkanes) is 2. The summed E-state index contributed by atoms with van der Waals surface area (Å²) in [4.78, 5) is 8.84. The molecule has 1 aliphatic rings. The smallest absolute Gasteiger partial charge is 0.211 e. The molecule has 1 aromatic carbocycles. The SMILES string of the molecule is CCCCCOCc1cccc(C2N=C(NC#N)Nc3nc(N)c(C#N)c(N)c32)c1. The van der Waals surface area contributed by atoms with Crippen molar-refractivity contribution in [3.63, 3.8) is 0 Å². The van der Waals surface area contributed by atoms with Crippen molar-refractivity contribution < 1.29 is 4.74 Å². The highest BCUT2D eigenvalue weighted by molar-refractivity contribution is 5.98. The topological polar surface area (TPSA) is 158 Å². The molecule has 154 valence electrons. The van der Waals surface area contributed by atoms with Gasteiger partial charge in [0.15, 0.2) is 6.19 Å². The van der Waals surface area contributed by atoms with E-state index in [2.05, 4.69) is 27.5 Å². The van der Waals surface area contributed by atoms with Gasteiger partial charge in [-0.2, -0.15) is 10.5 Å². The Hall–Kier alpha value is -3.82. The van der Waals surface area contributed by atoms with Crippen LogP contribution in [0.5, 0.6) is 0 Å². The van der Waals surface area contributed by atoms with Crippen molar-refractivity contribution in [1.29, 1.82) is 10.5 Å². The van der Waals surface area contributed by atoms with E-state index in [1.54, 1.807) is 0 Å². The number of ether oxygens (including phenoxy) is 1. The number of aliphatic imine (C=N–C) groups is 1. The minimum absolute atomic E-state index is 0.0208. The maximum Gasteiger partial charge on any atom is 0.211 e. The van der Waals surface area contributed by atoms with Gasteiger partial charge >= 0.3 is 0 Å². The maximum atomic E-state index is 9.42. The fourth-order valence-corrected chi connectivity index (χ4v) is 3.32. The van der Waals surface area contributed by atoms with Crippen LogP contribution in [0.2, 0.25) is 0 Å². The molecular weight excluding hydrogens is 380 g/mol. The van der Waals surface area contributed by atoms with Crippen LogP contribution in [0.15, 0.2) is 29.3 Å². The Morgan fingerprint density at radius 2 is 2.10 bits per heavy atom. The Labute approximate surface area is 175 Å². The third kappa shape index (κ3) is 4.43. The number of pyridine rings is 1. The standard InChI is InChI=1S/C21H24N8O/c1-2-3-4-8-30-11-13-6-5-7-14(9-13)18-16-17(24)15(10-22)19(25)28-20(16)29-21(27-18)26-12-23/h5-7,9,18H,2-4,8,11H2,1H3,(H6,24,25,26,27,28,29). The Bertz CT molecular complexity index is 1030. The first-order valence-electron chi connectivity index (χ1n) is 9.74. The van der Waals surface area contributed by atoms with E-state index < -0.39 is 6.04 Å². The predicted octanol–water partition coefficient (Wildman–Crippen LogP) is 2.77. The largest absolute Gasteiger partial charge is 0.397 e. The molecule has 2 heterocycles. The maximum absolute atomic E-state index is 9.42. The van der Waals surface area contributed by atoms with E-state index in [1.165, 1.54) is 0 Å². The van der Waals surface area contributed by atoms with E-state index in [0.717, 1.165) is 30.4 Å². The summed E-state index contributed by atoms with van der Waals surface area (Å²) in [6.45, 7) is 3.35. The number of nitrogens with zero attached hydrogens (tertiary/aromatic N) is 4. The molecule has 0 bridgehead atoms. The molecule has 1 atom stereocenters. The number of fused-ring (bicyclic) bond motifs is 1. The number of hydrogen-bond acceptors (Lipinski definition) is 9. The lowest BCUT2D eigenvalue weighted by atomic mass is 9.94. The number of hydrogen-bond donors (Lipinski definition) is 4. The Balaban J connectivity index is 1.96. The summed E-state index contributed by atoms with van der Waals surface area (Å²) in [7, 11) is 0. The highest BCUT2D eigenvalue weighted by Gasteiger charge is 2.29. The molecule has 30 heavy (non-hydrogen) atoms. The molecule has 0 radical (unpaired) electrons. The van der Waals surface area contributed by atoms with Gasteiger partial charge in [-0.05, 0) is 17.5 Å². The van der Waals surface area contributed by atoms with E-state index in [-0.39, 0.29) is 23.0 Å². The molecule has 0 saturated carbocycles. The highest BCUT2D eigenvalue weighted by Crippen LogP contribution is 2.40. The van der Waals surface area contributed by atoms with E-state index in [9.17, 15) is 5.26 Å². The number of nitriles is 2. The summed E-state index contributed by atoms with van der Waals surface area (Å²) >= 11 is 0. The highest BCUT2D eigenvalue weighted by atomic mass is 16.5. The molecule has 0 amide bonds. The van der Waals surface area contributed by atoms with Gasteiger partial charge in [0.05, 0.1) is 12.3 Å². The third-order valence-corrected chi connectivity index (χ3v) is 4.79. The van der Waals surface area contributed by atoms with Crippen LogP contribution in [-0.2, 0) is 11.3 Å². The van der Waals surface area contributed by atoms with Crippen LogP contribution in [0.25, 0.3) is 0 Å². The molecule has 0 saturated heterocycles. The quantitative estimate of drug-likeness (QED) is 0.311. The number of anilines is 3. The van der Waals surface area contributed by atoms with Crippen molar-refractivity contribution in [2.75, 3.05) is 23.4 Å². The minimum Gasteiger partial charge on any atom is -0.397 e. The molecule has 0 aliphatic carbocycles. The van der Waals surface area contributed by atoms with Crippen molar-refractivity contribution >= 4 is 23.3 Å². The molecule has 3 rings (SSSR count). The van der Waals surface area contributed by atoms with Gasteiger partial charge in [0.2, 0.25) is 5.96 Å². The number of benzene rings is 1. The van der Waals surface area contributed by atoms with E-state index in [0.29, 0.717) is 24.6 Å². The fraction of sp³-hybridized carbons (Fsp3) is 0.333. The number of rotatable bonds is 7. The fourth-order valence-electron chi connectivity index (χ4n) is 3.32. The van der Waals surface area contributed by atoms with Crippen molar-refractivity contribution in [1.82, 2.24) is 10.3 Å². The van der Waals surface area contributed by atoms with Crippen molar-refractivity contribution in [2.24, 2.45) is 4.99 Å². The lowest BCUT2D eigenvalue weighted by Crippen LogP contribution is -2.32. The molecule has 1 aliphatic heterocycles. The van der Waals surface area contributed by atoms with Gasteiger partial charge in [-0.15, -0.1) is 0 Å². The van der Waals surface area contributed by atoms with Gasteiger partial charge in [-0.3, -0.25) is 5.32 Å². The second-order valence-corrected chi connectivity index (χ2v) is 6.91. The first-order chi connectivity index (χ1) is 14.6. The molecule has 1 aromatic heterocycles. The molecule has 9 heteroatoms.